The van der Waals surface area contributed by atoms with E-state index in [4.69, 9.17) is 11.5 Å². The molecule has 3 aromatic rings. The smallest absolute Gasteiger partial charge is 0.201 e. The van der Waals surface area contributed by atoms with E-state index in [1.165, 1.54) is 0 Å². The van der Waals surface area contributed by atoms with Crippen LogP contribution in [0, 0.1) is 0 Å². The number of nitrogen functional groups attached to an aromatic ring is 2. The van der Waals surface area contributed by atoms with Crippen molar-refractivity contribution in [3.8, 4) is 0 Å². The lowest BCUT2D eigenvalue weighted by Gasteiger charge is -2.06. The van der Waals surface area contributed by atoms with E-state index < -0.39 is 0 Å². The number of nitrogens with zero attached hydrogens (tertiary/aromatic N) is 3. The minimum absolute atomic E-state index is 0.423. The average Bonchev–Trinajstić information content (AvgIpc) is 2.65. The topological polar surface area (TPSA) is 101 Å². The molecule has 0 aliphatic heterocycles. The Morgan fingerprint density at radius 1 is 0.720 bits per heavy atom. The largest absolute Gasteiger partial charge is 0.397 e. The fraction of sp³-hybridized carbons (Fsp3) is 0. The molecule has 6 nitrogen and oxygen atoms in total. The molecule has 0 radical (unpaired) electrons. The van der Waals surface area contributed by atoms with Crippen molar-refractivity contribution < 1.29 is 0 Å². The molecule has 0 spiro atoms. The van der Waals surface area contributed by atoms with Gasteiger partial charge in [0.25, 0.3) is 0 Å². The zero-order valence-corrected chi connectivity index (χ0v) is 13.5. The Morgan fingerprint density at radius 2 is 1.36 bits per heavy atom. The van der Waals surface area contributed by atoms with Crippen LogP contribution < -0.4 is 16.9 Å². The second-order valence-electron chi connectivity index (χ2n) is 5.26. The molecule has 0 bridgehead atoms. The van der Waals surface area contributed by atoms with Crippen molar-refractivity contribution in [2.45, 2.75) is 0 Å². The van der Waals surface area contributed by atoms with Gasteiger partial charge in [-0.05, 0) is 24.3 Å². The Kier molecular flexibility index (Phi) is 5.01. The van der Waals surface area contributed by atoms with Crippen LogP contribution in [-0.2, 0) is 0 Å². The summed E-state index contributed by atoms with van der Waals surface area (Å²) in [6.07, 6.45) is 0. The van der Waals surface area contributed by atoms with Gasteiger partial charge in [-0.15, -0.1) is 10.2 Å². The second kappa shape index (κ2) is 7.74. The number of hydrogen-bond donors (Lipinski definition) is 3. The van der Waals surface area contributed by atoms with Crippen LogP contribution in [0.15, 0.2) is 94.2 Å². The number of rotatable bonds is 4. The van der Waals surface area contributed by atoms with Gasteiger partial charge in [-0.3, -0.25) is 5.43 Å². The van der Waals surface area contributed by atoms with Gasteiger partial charge in [0.15, 0.2) is 0 Å². The molecular formula is C19H18N6. The van der Waals surface area contributed by atoms with Crippen molar-refractivity contribution in [3.05, 3.63) is 84.4 Å². The number of azo groups is 1. The maximum absolute atomic E-state index is 5.93. The average molecular weight is 330 g/mol. The Balaban J connectivity index is 1.92. The third kappa shape index (κ3) is 4.20. The molecule has 0 saturated heterocycles. The first kappa shape index (κ1) is 16.2. The van der Waals surface area contributed by atoms with Crippen LogP contribution in [-0.4, -0.2) is 5.84 Å². The van der Waals surface area contributed by atoms with Crippen LogP contribution in [0.4, 0.5) is 22.7 Å². The summed E-state index contributed by atoms with van der Waals surface area (Å²) in [5.41, 5.74) is 18.0. The van der Waals surface area contributed by atoms with E-state index in [1.807, 2.05) is 60.7 Å². The van der Waals surface area contributed by atoms with Crippen LogP contribution in [0.2, 0.25) is 0 Å². The Labute approximate surface area is 145 Å². The number of nitrogens with two attached hydrogens (primary N) is 2. The molecule has 3 rings (SSSR count). The number of amidine groups is 1. The third-order valence-electron chi connectivity index (χ3n) is 3.46. The molecule has 0 heterocycles. The zero-order chi connectivity index (χ0) is 17.5. The fourth-order valence-corrected chi connectivity index (χ4v) is 2.12. The van der Waals surface area contributed by atoms with E-state index in [2.05, 4.69) is 20.8 Å². The predicted molar refractivity (Wildman–Crippen MR) is 103 cm³/mol. The van der Waals surface area contributed by atoms with Crippen molar-refractivity contribution in [1.29, 1.82) is 0 Å². The lowest BCUT2D eigenvalue weighted by atomic mass is 10.2. The number of hydrazone groups is 1. The second-order valence-corrected chi connectivity index (χ2v) is 5.26. The Bertz CT molecular complexity index is 903. The zero-order valence-electron chi connectivity index (χ0n) is 13.5. The van der Waals surface area contributed by atoms with Crippen molar-refractivity contribution in [3.63, 3.8) is 0 Å². The highest BCUT2D eigenvalue weighted by atomic mass is 15.3. The van der Waals surface area contributed by atoms with Gasteiger partial charge in [0.2, 0.25) is 5.84 Å². The molecule has 0 aliphatic rings. The molecule has 0 aromatic heterocycles. The van der Waals surface area contributed by atoms with Crippen LogP contribution >= 0.6 is 0 Å². The first-order chi connectivity index (χ1) is 12.2. The molecule has 0 aliphatic carbocycles. The quantitative estimate of drug-likeness (QED) is 0.217. The van der Waals surface area contributed by atoms with Crippen LogP contribution in [0.25, 0.3) is 0 Å². The van der Waals surface area contributed by atoms with Gasteiger partial charge in [-0.2, -0.15) is 5.10 Å². The SMILES string of the molecule is Nc1ccccc1/N=N/C(=N/Nc1ccccc1N)c1ccccc1. The Hall–Kier alpha value is -3.67. The summed E-state index contributed by atoms with van der Waals surface area (Å²) in [7, 11) is 0. The maximum Gasteiger partial charge on any atom is 0.201 e. The van der Waals surface area contributed by atoms with Gasteiger partial charge in [0.1, 0.15) is 5.69 Å². The van der Waals surface area contributed by atoms with E-state index in [0.717, 1.165) is 5.56 Å². The summed E-state index contributed by atoms with van der Waals surface area (Å²) in [6.45, 7) is 0. The highest BCUT2D eigenvalue weighted by molar-refractivity contribution is 5.99. The highest BCUT2D eigenvalue weighted by Crippen LogP contribution is 2.22. The minimum atomic E-state index is 0.423. The monoisotopic (exact) mass is 330 g/mol. The molecule has 0 atom stereocenters. The summed E-state index contributed by atoms with van der Waals surface area (Å²) in [5, 5.41) is 12.8. The van der Waals surface area contributed by atoms with E-state index in [-0.39, 0.29) is 0 Å². The molecule has 3 aromatic carbocycles. The Morgan fingerprint density at radius 3 is 2.08 bits per heavy atom. The number of benzene rings is 3. The summed E-state index contributed by atoms with van der Waals surface area (Å²) < 4.78 is 0. The standard InChI is InChI=1S/C19H18N6/c20-15-10-4-6-12-17(15)22-24-19(14-8-2-1-3-9-14)25-23-18-13-7-5-11-16(18)21/h1-13,22H,20-21H2/b24-19+,25-23+. The molecule has 0 unspecified atom stereocenters. The van der Waals surface area contributed by atoms with Gasteiger partial charge >= 0.3 is 0 Å². The van der Waals surface area contributed by atoms with Gasteiger partial charge in [0.05, 0.1) is 17.1 Å². The summed E-state index contributed by atoms with van der Waals surface area (Å²) in [4.78, 5) is 0. The van der Waals surface area contributed by atoms with Gasteiger partial charge in [-0.1, -0.05) is 54.6 Å². The lowest BCUT2D eigenvalue weighted by Crippen LogP contribution is -2.02. The maximum atomic E-state index is 5.93. The molecule has 124 valence electrons. The molecule has 25 heavy (non-hydrogen) atoms. The van der Waals surface area contributed by atoms with E-state index in [0.29, 0.717) is 28.6 Å². The molecule has 5 N–H and O–H groups in total. The van der Waals surface area contributed by atoms with E-state index in [1.54, 1.807) is 18.2 Å². The molecule has 0 saturated carbocycles. The molecule has 6 heteroatoms. The van der Waals surface area contributed by atoms with Gasteiger partial charge < -0.3 is 11.5 Å². The van der Waals surface area contributed by atoms with Crippen molar-refractivity contribution >= 4 is 28.6 Å². The van der Waals surface area contributed by atoms with Crippen molar-refractivity contribution in [2.24, 2.45) is 15.3 Å². The van der Waals surface area contributed by atoms with Crippen LogP contribution in [0.1, 0.15) is 5.56 Å². The molecular weight excluding hydrogens is 312 g/mol. The number of para-hydroxylation sites is 3. The highest BCUT2D eigenvalue weighted by Gasteiger charge is 2.04. The van der Waals surface area contributed by atoms with E-state index >= 15 is 0 Å². The summed E-state index contributed by atoms with van der Waals surface area (Å²) in [5.74, 6) is 0.423. The van der Waals surface area contributed by atoms with Crippen LogP contribution in [0.5, 0.6) is 0 Å². The first-order valence-electron chi connectivity index (χ1n) is 7.74. The predicted octanol–water partition coefficient (Wildman–Crippen LogP) is 4.41. The number of hydrogen-bond acceptors (Lipinski definition) is 5. The lowest BCUT2D eigenvalue weighted by molar-refractivity contribution is 1.22. The van der Waals surface area contributed by atoms with Gasteiger partial charge in [0, 0.05) is 5.56 Å². The minimum Gasteiger partial charge on any atom is -0.397 e. The first-order valence-corrected chi connectivity index (χ1v) is 7.74. The van der Waals surface area contributed by atoms with Crippen LogP contribution in [0.3, 0.4) is 0 Å². The summed E-state index contributed by atoms with van der Waals surface area (Å²) in [6, 6.07) is 24.2. The normalized spacial score (nSPS) is 11.6. The summed E-state index contributed by atoms with van der Waals surface area (Å²) >= 11 is 0. The fourth-order valence-electron chi connectivity index (χ4n) is 2.12. The third-order valence-corrected chi connectivity index (χ3v) is 3.46. The molecule has 0 fully saturated rings. The number of anilines is 3. The van der Waals surface area contributed by atoms with Crippen molar-refractivity contribution in [1.82, 2.24) is 0 Å². The number of nitrogens with one attached hydrogen (secondary N) is 1. The van der Waals surface area contributed by atoms with Gasteiger partial charge in [-0.25, -0.2) is 0 Å². The van der Waals surface area contributed by atoms with Crippen molar-refractivity contribution in [2.75, 3.05) is 16.9 Å². The molecule has 0 amide bonds. The van der Waals surface area contributed by atoms with E-state index in [9.17, 15) is 0 Å².